The molecule has 0 radical (unpaired) electrons. The SMILES string of the molecule is NC(=O)c1ccc(NC2CC(c3ccc(Br)cc3)C2)cc1. The van der Waals surface area contributed by atoms with Gasteiger partial charge in [-0.05, 0) is 60.7 Å². The third-order valence-electron chi connectivity index (χ3n) is 4.02. The maximum Gasteiger partial charge on any atom is 0.248 e. The first-order chi connectivity index (χ1) is 10.1. The van der Waals surface area contributed by atoms with Crippen LogP contribution >= 0.6 is 15.9 Å². The van der Waals surface area contributed by atoms with Gasteiger partial charge in [-0.3, -0.25) is 4.79 Å². The van der Waals surface area contributed by atoms with E-state index in [4.69, 9.17) is 5.73 Å². The van der Waals surface area contributed by atoms with E-state index < -0.39 is 0 Å². The van der Waals surface area contributed by atoms with E-state index in [1.165, 1.54) is 5.56 Å². The minimum Gasteiger partial charge on any atom is -0.382 e. The summed E-state index contributed by atoms with van der Waals surface area (Å²) in [6.45, 7) is 0. The van der Waals surface area contributed by atoms with Crippen LogP contribution in [-0.4, -0.2) is 11.9 Å². The van der Waals surface area contributed by atoms with Crippen LogP contribution in [0.15, 0.2) is 53.0 Å². The molecule has 0 unspecified atom stereocenters. The zero-order valence-electron chi connectivity index (χ0n) is 11.6. The summed E-state index contributed by atoms with van der Waals surface area (Å²) >= 11 is 3.46. The lowest BCUT2D eigenvalue weighted by Crippen LogP contribution is -2.33. The summed E-state index contributed by atoms with van der Waals surface area (Å²) in [6, 6.07) is 16.4. The summed E-state index contributed by atoms with van der Waals surface area (Å²) in [7, 11) is 0. The molecule has 0 atom stereocenters. The average molecular weight is 345 g/mol. The number of carbonyl (C=O) groups is 1. The van der Waals surface area contributed by atoms with Crippen LogP contribution in [0.5, 0.6) is 0 Å². The zero-order valence-corrected chi connectivity index (χ0v) is 13.1. The molecule has 1 fully saturated rings. The van der Waals surface area contributed by atoms with Crippen LogP contribution in [0, 0.1) is 0 Å². The third kappa shape index (κ3) is 3.27. The molecule has 4 heteroatoms. The number of primary amides is 1. The number of hydrogen-bond acceptors (Lipinski definition) is 2. The molecular weight excluding hydrogens is 328 g/mol. The normalized spacial score (nSPS) is 20.6. The van der Waals surface area contributed by atoms with Gasteiger partial charge in [-0.1, -0.05) is 28.1 Å². The fourth-order valence-corrected chi connectivity index (χ4v) is 2.97. The van der Waals surface area contributed by atoms with E-state index in [0.29, 0.717) is 17.5 Å². The lowest BCUT2D eigenvalue weighted by atomic mass is 9.76. The smallest absolute Gasteiger partial charge is 0.248 e. The Bertz CT molecular complexity index is 631. The molecule has 0 bridgehead atoms. The topological polar surface area (TPSA) is 55.1 Å². The zero-order chi connectivity index (χ0) is 14.8. The second-order valence-electron chi connectivity index (χ2n) is 5.50. The molecule has 3 N–H and O–H groups in total. The highest BCUT2D eigenvalue weighted by molar-refractivity contribution is 9.10. The van der Waals surface area contributed by atoms with Gasteiger partial charge in [-0.2, -0.15) is 0 Å². The number of nitrogens with two attached hydrogens (primary N) is 1. The Labute approximate surface area is 132 Å². The van der Waals surface area contributed by atoms with E-state index in [-0.39, 0.29) is 5.91 Å². The van der Waals surface area contributed by atoms with Crippen molar-refractivity contribution in [1.29, 1.82) is 0 Å². The van der Waals surface area contributed by atoms with Crippen LogP contribution in [0.4, 0.5) is 5.69 Å². The number of benzene rings is 2. The highest BCUT2D eigenvalue weighted by Crippen LogP contribution is 2.38. The van der Waals surface area contributed by atoms with E-state index in [1.807, 2.05) is 12.1 Å². The number of hydrogen-bond donors (Lipinski definition) is 2. The summed E-state index contributed by atoms with van der Waals surface area (Å²) in [5.41, 5.74) is 8.22. The average Bonchev–Trinajstić information content (AvgIpc) is 2.44. The monoisotopic (exact) mass is 344 g/mol. The molecule has 3 rings (SSSR count). The van der Waals surface area contributed by atoms with Crippen molar-refractivity contribution in [1.82, 2.24) is 0 Å². The van der Waals surface area contributed by atoms with Crippen LogP contribution in [0.3, 0.4) is 0 Å². The van der Waals surface area contributed by atoms with E-state index in [2.05, 4.69) is 45.5 Å². The van der Waals surface area contributed by atoms with Gasteiger partial charge in [0.05, 0.1) is 0 Å². The van der Waals surface area contributed by atoms with Crippen molar-refractivity contribution in [2.75, 3.05) is 5.32 Å². The van der Waals surface area contributed by atoms with Crippen LogP contribution < -0.4 is 11.1 Å². The molecule has 108 valence electrons. The molecular formula is C17H17BrN2O. The van der Waals surface area contributed by atoms with Crippen LogP contribution in [-0.2, 0) is 0 Å². The molecule has 2 aromatic rings. The van der Waals surface area contributed by atoms with Gasteiger partial charge in [-0.15, -0.1) is 0 Å². The molecule has 0 aliphatic heterocycles. The first-order valence-corrected chi connectivity index (χ1v) is 7.83. The molecule has 0 saturated heterocycles. The molecule has 0 spiro atoms. The molecule has 21 heavy (non-hydrogen) atoms. The van der Waals surface area contributed by atoms with Gasteiger partial charge >= 0.3 is 0 Å². The molecule has 3 nitrogen and oxygen atoms in total. The fourth-order valence-electron chi connectivity index (χ4n) is 2.71. The number of carbonyl (C=O) groups excluding carboxylic acids is 1. The summed E-state index contributed by atoms with van der Waals surface area (Å²) in [5, 5.41) is 3.49. The molecule has 2 aromatic carbocycles. The second kappa shape index (κ2) is 5.90. The van der Waals surface area contributed by atoms with Crippen molar-refractivity contribution in [2.45, 2.75) is 24.8 Å². The number of anilines is 1. The second-order valence-corrected chi connectivity index (χ2v) is 6.42. The molecule has 1 saturated carbocycles. The molecule has 0 aromatic heterocycles. The van der Waals surface area contributed by atoms with Crippen molar-refractivity contribution in [2.24, 2.45) is 5.73 Å². The predicted molar refractivity (Wildman–Crippen MR) is 88.5 cm³/mol. The minimum absolute atomic E-state index is 0.388. The van der Waals surface area contributed by atoms with Crippen LogP contribution in [0.2, 0.25) is 0 Å². The van der Waals surface area contributed by atoms with E-state index in [0.717, 1.165) is 23.0 Å². The third-order valence-corrected chi connectivity index (χ3v) is 4.55. The first-order valence-electron chi connectivity index (χ1n) is 7.03. The molecule has 1 amide bonds. The summed E-state index contributed by atoms with van der Waals surface area (Å²) < 4.78 is 1.12. The number of halogens is 1. The summed E-state index contributed by atoms with van der Waals surface area (Å²) in [5.74, 6) is 0.251. The molecule has 0 heterocycles. The fraction of sp³-hybridized carbons (Fsp3) is 0.235. The van der Waals surface area contributed by atoms with Crippen LogP contribution in [0.1, 0.15) is 34.7 Å². The highest BCUT2D eigenvalue weighted by Gasteiger charge is 2.30. The lowest BCUT2D eigenvalue weighted by Gasteiger charge is -2.37. The standard InChI is InChI=1S/C17H17BrN2O/c18-14-5-1-11(2-6-14)13-9-16(10-13)20-15-7-3-12(4-8-15)17(19)21/h1-8,13,16,20H,9-10H2,(H2,19,21). The Kier molecular flexibility index (Phi) is 3.97. The summed E-state index contributed by atoms with van der Waals surface area (Å²) in [4.78, 5) is 11.0. The highest BCUT2D eigenvalue weighted by atomic mass is 79.9. The Morgan fingerprint density at radius 3 is 2.24 bits per heavy atom. The van der Waals surface area contributed by atoms with Gasteiger partial charge in [0.25, 0.3) is 0 Å². The maximum atomic E-state index is 11.0. The number of rotatable bonds is 4. The predicted octanol–water partition coefficient (Wildman–Crippen LogP) is 3.91. The van der Waals surface area contributed by atoms with Gasteiger partial charge in [-0.25, -0.2) is 0 Å². The largest absolute Gasteiger partial charge is 0.382 e. The minimum atomic E-state index is -0.388. The lowest BCUT2D eigenvalue weighted by molar-refractivity contribution is 0.100. The number of amides is 1. The Balaban J connectivity index is 1.54. The quantitative estimate of drug-likeness (QED) is 0.883. The number of nitrogens with one attached hydrogen (secondary N) is 1. The van der Waals surface area contributed by atoms with Crippen molar-refractivity contribution in [3.8, 4) is 0 Å². The van der Waals surface area contributed by atoms with Crippen molar-refractivity contribution >= 4 is 27.5 Å². The van der Waals surface area contributed by atoms with Crippen molar-refractivity contribution in [3.63, 3.8) is 0 Å². The van der Waals surface area contributed by atoms with Gasteiger partial charge in [0.1, 0.15) is 0 Å². The van der Waals surface area contributed by atoms with Crippen molar-refractivity contribution in [3.05, 3.63) is 64.1 Å². The van der Waals surface area contributed by atoms with Gasteiger partial charge < -0.3 is 11.1 Å². The molecule has 1 aliphatic rings. The van der Waals surface area contributed by atoms with E-state index >= 15 is 0 Å². The first kappa shape index (κ1) is 14.1. The Morgan fingerprint density at radius 2 is 1.67 bits per heavy atom. The van der Waals surface area contributed by atoms with Gasteiger partial charge in [0.15, 0.2) is 0 Å². The van der Waals surface area contributed by atoms with Crippen molar-refractivity contribution < 1.29 is 4.79 Å². The Hall–Kier alpha value is -1.81. The maximum absolute atomic E-state index is 11.0. The Morgan fingerprint density at radius 1 is 1.05 bits per heavy atom. The van der Waals surface area contributed by atoms with Gasteiger partial charge in [0.2, 0.25) is 5.91 Å². The van der Waals surface area contributed by atoms with E-state index in [9.17, 15) is 4.79 Å². The summed E-state index contributed by atoms with van der Waals surface area (Å²) in [6.07, 6.45) is 2.28. The van der Waals surface area contributed by atoms with E-state index in [1.54, 1.807) is 12.1 Å². The molecule has 1 aliphatic carbocycles. The van der Waals surface area contributed by atoms with Crippen LogP contribution in [0.25, 0.3) is 0 Å². The van der Waals surface area contributed by atoms with Gasteiger partial charge in [0, 0.05) is 21.8 Å².